The van der Waals surface area contributed by atoms with E-state index in [0.717, 1.165) is 18.9 Å². The molecular formula is C21H26O3Si. The second kappa shape index (κ2) is 8.00. The molecule has 0 aromatic heterocycles. The zero-order valence-electron chi connectivity index (χ0n) is 15.2. The summed E-state index contributed by atoms with van der Waals surface area (Å²) in [6, 6.07) is 16.1. The van der Waals surface area contributed by atoms with Gasteiger partial charge in [-0.25, -0.2) is 0 Å². The van der Waals surface area contributed by atoms with E-state index in [4.69, 9.17) is 13.6 Å². The van der Waals surface area contributed by atoms with Crippen LogP contribution in [0.4, 0.5) is 0 Å². The van der Waals surface area contributed by atoms with Gasteiger partial charge in [0.1, 0.15) is 0 Å². The first-order chi connectivity index (χ1) is 12.3. The lowest BCUT2D eigenvalue weighted by atomic mass is 10.1. The highest BCUT2D eigenvalue weighted by Crippen LogP contribution is 2.36. The second-order valence-electron chi connectivity index (χ2n) is 6.27. The molecule has 3 rings (SSSR count). The molecule has 0 fully saturated rings. The molecule has 0 aliphatic heterocycles. The fourth-order valence-corrected chi connectivity index (χ4v) is 6.64. The van der Waals surface area contributed by atoms with Crippen molar-refractivity contribution >= 4 is 13.7 Å². The van der Waals surface area contributed by atoms with E-state index in [1.54, 1.807) is 20.5 Å². The van der Waals surface area contributed by atoms with Gasteiger partial charge >= 0.3 is 8.56 Å². The first kappa shape index (κ1) is 17.9. The molecule has 0 amide bonds. The van der Waals surface area contributed by atoms with Crippen LogP contribution in [0.2, 0.25) is 6.04 Å². The number of allylic oxidation sites excluding steroid dienone is 1. The van der Waals surface area contributed by atoms with E-state index >= 15 is 0 Å². The molecule has 1 aliphatic rings. The highest BCUT2D eigenvalue weighted by molar-refractivity contribution is 6.81. The molecular weight excluding hydrogens is 328 g/mol. The van der Waals surface area contributed by atoms with Gasteiger partial charge < -0.3 is 13.6 Å². The van der Waals surface area contributed by atoms with E-state index in [-0.39, 0.29) is 0 Å². The zero-order valence-corrected chi connectivity index (χ0v) is 16.2. The Hall–Kier alpha value is -1.88. The third-order valence-corrected chi connectivity index (χ3v) is 8.54. The van der Waals surface area contributed by atoms with Crippen LogP contribution in [0.25, 0.3) is 11.1 Å². The minimum Gasteiger partial charge on any atom is -0.502 e. The molecule has 0 N–H and O–H groups in total. The topological polar surface area (TPSA) is 27.7 Å². The largest absolute Gasteiger partial charge is 0.502 e. The Morgan fingerprint density at radius 3 is 2.52 bits per heavy atom. The lowest BCUT2D eigenvalue weighted by Gasteiger charge is -2.29. The molecule has 0 atom stereocenters. The number of benzene rings is 2. The van der Waals surface area contributed by atoms with Crippen molar-refractivity contribution in [1.29, 1.82) is 0 Å². The lowest BCUT2D eigenvalue weighted by Crippen LogP contribution is -2.53. The molecule has 0 heterocycles. The van der Waals surface area contributed by atoms with Gasteiger partial charge in [0.05, 0.1) is 12.9 Å². The standard InChI is InChI=1S/C21H26O3Si/c1-4-13-24-14-8-15-25(22-2,23-3)21-12-7-11-19-18-10-6-5-9-17(18)16-20(19)21/h4-7,9-13H,8,14-16H2,1-3H3. The van der Waals surface area contributed by atoms with Crippen molar-refractivity contribution in [3.63, 3.8) is 0 Å². The average Bonchev–Trinajstić information content (AvgIpc) is 3.04. The van der Waals surface area contributed by atoms with Gasteiger partial charge in [0.25, 0.3) is 0 Å². The van der Waals surface area contributed by atoms with Gasteiger partial charge in [-0.3, -0.25) is 0 Å². The van der Waals surface area contributed by atoms with E-state index in [0.29, 0.717) is 6.61 Å². The van der Waals surface area contributed by atoms with Crippen LogP contribution in [0.5, 0.6) is 0 Å². The van der Waals surface area contributed by atoms with Crippen LogP contribution in [0.15, 0.2) is 54.8 Å². The molecule has 1 aliphatic carbocycles. The van der Waals surface area contributed by atoms with Crippen molar-refractivity contribution in [3.8, 4) is 11.1 Å². The predicted octanol–water partition coefficient (Wildman–Crippen LogP) is 4.14. The first-order valence-electron chi connectivity index (χ1n) is 8.79. The Balaban J connectivity index is 1.91. The van der Waals surface area contributed by atoms with Crippen molar-refractivity contribution < 1.29 is 13.6 Å². The summed E-state index contributed by atoms with van der Waals surface area (Å²) in [6.07, 6.45) is 5.51. The Labute approximate surface area is 151 Å². The van der Waals surface area contributed by atoms with E-state index in [2.05, 4.69) is 42.5 Å². The summed E-state index contributed by atoms with van der Waals surface area (Å²) in [4.78, 5) is 0. The van der Waals surface area contributed by atoms with E-state index < -0.39 is 8.56 Å². The van der Waals surface area contributed by atoms with Crippen LogP contribution in [-0.4, -0.2) is 29.4 Å². The number of fused-ring (bicyclic) bond motifs is 3. The summed E-state index contributed by atoms with van der Waals surface area (Å²) in [6.45, 7) is 2.63. The molecule has 0 spiro atoms. The maximum absolute atomic E-state index is 6.05. The molecule has 132 valence electrons. The Morgan fingerprint density at radius 2 is 1.76 bits per heavy atom. The number of hydrogen-bond donors (Lipinski definition) is 0. The number of hydrogen-bond acceptors (Lipinski definition) is 3. The minimum absolute atomic E-state index is 0.682. The average molecular weight is 355 g/mol. The molecule has 0 bridgehead atoms. The lowest BCUT2D eigenvalue weighted by molar-refractivity contribution is 0.229. The molecule has 2 aromatic carbocycles. The van der Waals surface area contributed by atoms with Gasteiger partial charge in [-0.05, 0) is 53.3 Å². The summed E-state index contributed by atoms with van der Waals surface area (Å²) >= 11 is 0. The van der Waals surface area contributed by atoms with E-state index in [9.17, 15) is 0 Å². The van der Waals surface area contributed by atoms with Crippen LogP contribution < -0.4 is 5.19 Å². The van der Waals surface area contributed by atoms with Crippen LogP contribution in [-0.2, 0) is 20.0 Å². The zero-order chi connectivity index (χ0) is 17.7. The van der Waals surface area contributed by atoms with Crippen LogP contribution in [0.3, 0.4) is 0 Å². The highest BCUT2D eigenvalue weighted by Gasteiger charge is 2.41. The fraction of sp³-hybridized carbons (Fsp3) is 0.333. The summed E-state index contributed by atoms with van der Waals surface area (Å²) in [5.74, 6) is 0. The van der Waals surface area contributed by atoms with Gasteiger partial charge in [0, 0.05) is 14.2 Å². The molecule has 0 saturated carbocycles. The van der Waals surface area contributed by atoms with E-state index in [1.165, 1.54) is 27.4 Å². The van der Waals surface area contributed by atoms with Crippen LogP contribution >= 0.6 is 0 Å². The van der Waals surface area contributed by atoms with Crippen molar-refractivity contribution in [3.05, 3.63) is 65.9 Å². The maximum Gasteiger partial charge on any atom is 0.372 e. The molecule has 0 radical (unpaired) electrons. The molecule has 2 aromatic rings. The highest BCUT2D eigenvalue weighted by atomic mass is 28.4. The van der Waals surface area contributed by atoms with Crippen LogP contribution in [0.1, 0.15) is 24.5 Å². The number of ether oxygens (including phenoxy) is 1. The summed E-state index contributed by atoms with van der Waals surface area (Å²) < 4.78 is 17.6. The van der Waals surface area contributed by atoms with Gasteiger partial charge in [0.2, 0.25) is 0 Å². The first-order valence-corrected chi connectivity index (χ1v) is 10.8. The summed E-state index contributed by atoms with van der Waals surface area (Å²) in [7, 11) is 1.08. The van der Waals surface area contributed by atoms with Gasteiger partial charge in [0.15, 0.2) is 0 Å². The molecule has 0 saturated heterocycles. The maximum atomic E-state index is 6.05. The quantitative estimate of drug-likeness (QED) is 0.346. The Kier molecular flexibility index (Phi) is 5.73. The van der Waals surface area contributed by atoms with Crippen molar-refractivity contribution in [2.24, 2.45) is 0 Å². The fourth-order valence-electron chi connectivity index (χ4n) is 3.71. The number of rotatable bonds is 8. The Morgan fingerprint density at radius 1 is 1.00 bits per heavy atom. The van der Waals surface area contributed by atoms with Crippen LogP contribution in [0, 0.1) is 0 Å². The van der Waals surface area contributed by atoms with Crippen molar-refractivity contribution in [1.82, 2.24) is 0 Å². The monoisotopic (exact) mass is 354 g/mol. The molecule has 25 heavy (non-hydrogen) atoms. The minimum atomic E-state index is -2.48. The molecule has 0 unspecified atom stereocenters. The molecule has 4 heteroatoms. The normalized spacial score (nSPS) is 13.1. The van der Waals surface area contributed by atoms with Gasteiger partial charge in [-0.2, -0.15) is 0 Å². The predicted molar refractivity (Wildman–Crippen MR) is 104 cm³/mol. The smallest absolute Gasteiger partial charge is 0.372 e. The summed E-state index contributed by atoms with van der Waals surface area (Å²) in [5, 5.41) is 1.26. The Bertz CT molecular complexity index is 751. The van der Waals surface area contributed by atoms with Crippen molar-refractivity contribution in [2.75, 3.05) is 20.8 Å². The second-order valence-corrected chi connectivity index (χ2v) is 9.63. The summed E-state index contributed by atoms with van der Waals surface area (Å²) in [5.41, 5.74) is 5.42. The molecule has 3 nitrogen and oxygen atoms in total. The van der Waals surface area contributed by atoms with E-state index in [1.807, 2.05) is 13.0 Å². The third kappa shape index (κ3) is 3.43. The SMILES string of the molecule is CC=COCCC[Si](OC)(OC)c1cccc2c1Cc1ccccc1-2. The van der Waals surface area contributed by atoms with Crippen molar-refractivity contribution in [2.45, 2.75) is 25.8 Å². The third-order valence-electron chi connectivity index (χ3n) is 4.92. The van der Waals surface area contributed by atoms with Gasteiger partial charge in [-0.15, -0.1) is 0 Å². The van der Waals surface area contributed by atoms with Gasteiger partial charge in [-0.1, -0.05) is 48.5 Å².